The van der Waals surface area contributed by atoms with Crippen molar-refractivity contribution in [3.8, 4) is 0 Å². The molecule has 0 atom stereocenters. The number of halogens is 1. The van der Waals surface area contributed by atoms with Crippen LogP contribution in [-0.2, 0) is 4.74 Å². The number of carbonyl (C=O) groups excluding carboxylic acids is 1. The third kappa shape index (κ3) is 1.53. The Morgan fingerprint density at radius 3 is 3.14 bits per heavy atom. The Hall–Kier alpha value is -0.940. The molecular formula is C9H6BrNO2S. The van der Waals surface area contributed by atoms with Crippen molar-refractivity contribution < 1.29 is 9.53 Å². The molecule has 0 unspecified atom stereocenters. The van der Waals surface area contributed by atoms with Gasteiger partial charge in [-0.2, -0.15) is 0 Å². The van der Waals surface area contributed by atoms with Crippen LogP contribution in [0.25, 0.3) is 10.1 Å². The molecule has 14 heavy (non-hydrogen) atoms. The van der Waals surface area contributed by atoms with Crippen molar-refractivity contribution in [2.24, 2.45) is 0 Å². The summed E-state index contributed by atoms with van der Waals surface area (Å²) >= 11 is 4.98. The van der Waals surface area contributed by atoms with Crippen molar-refractivity contribution >= 4 is 43.3 Å². The van der Waals surface area contributed by atoms with Gasteiger partial charge in [0.05, 0.1) is 11.8 Å². The summed E-state index contributed by atoms with van der Waals surface area (Å²) in [5.74, 6) is -0.412. The first-order chi connectivity index (χ1) is 6.72. The van der Waals surface area contributed by atoms with Crippen LogP contribution in [0.3, 0.4) is 0 Å². The molecule has 0 saturated heterocycles. The molecule has 0 aliphatic rings. The van der Waals surface area contributed by atoms with Crippen LogP contribution in [0.5, 0.6) is 0 Å². The van der Waals surface area contributed by atoms with Crippen LogP contribution in [0, 0.1) is 0 Å². The van der Waals surface area contributed by atoms with Crippen LogP contribution in [0.1, 0.15) is 10.5 Å². The molecular weight excluding hydrogens is 266 g/mol. The average Bonchev–Trinajstić information content (AvgIpc) is 2.59. The molecule has 0 bridgehead atoms. The van der Waals surface area contributed by atoms with Gasteiger partial charge in [-0.25, -0.2) is 9.78 Å². The van der Waals surface area contributed by atoms with E-state index in [2.05, 4.69) is 25.7 Å². The van der Waals surface area contributed by atoms with E-state index < -0.39 is 5.97 Å². The van der Waals surface area contributed by atoms with Gasteiger partial charge in [0.1, 0.15) is 5.69 Å². The Bertz CT molecular complexity index is 495. The van der Waals surface area contributed by atoms with E-state index in [1.54, 1.807) is 23.6 Å². The highest BCUT2D eigenvalue weighted by atomic mass is 79.9. The molecule has 0 saturated carbocycles. The fourth-order valence-electron chi connectivity index (χ4n) is 1.12. The molecule has 2 aromatic rings. The summed E-state index contributed by atoms with van der Waals surface area (Å²) in [4.78, 5) is 15.2. The first kappa shape index (κ1) is 9.61. The number of esters is 1. The fourth-order valence-corrected chi connectivity index (χ4v) is 2.62. The maximum absolute atomic E-state index is 11.2. The number of aromatic nitrogens is 1. The largest absolute Gasteiger partial charge is 0.464 e. The lowest BCUT2D eigenvalue weighted by Crippen LogP contribution is -2.03. The zero-order chi connectivity index (χ0) is 10.1. The van der Waals surface area contributed by atoms with E-state index in [0.717, 1.165) is 14.6 Å². The molecule has 5 heteroatoms. The van der Waals surface area contributed by atoms with Crippen LogP contribution < -0.4 is 0 Å². The van der Waals surface area contributed by atoms with Gasteiger partial charge in [-0.05, 0) is 22.0 Å². The number of methoxy groups -OCH3 is 1. The van der Waals surface area contributed by atoms with Gasteiger partial charge in [-0.15, -0.1) is 11.3 Å². The zero-order valence-electron chi connectivity index (χ0n) is 7.28. The lowest BCUT2D eigenvalue weighted by atomic mass is 10.3. The number of thiophene rings is 1. The van der Waals surface area contributed by atoms with E-state index in [-0.39, 0.29) is 0 Å². The van der Waals surface area contributed by atoms with Crippen LogP contribution in [-0.4, -0.2) is 18.1 Å². The number of nitrogens with zero attached hydrogens (tertiary/aromatic N) is 1. The Kier molecular flexibility index (Phi) is 2.52. The number of hydrogen-bond acceptors (Lipinski definition) is 4. The summed E-state index contributed by atoms with van der Waals surface area (Å²) in [7, 11) is 1.34. The summed E-state index contributed by atoms with van der Waals surface area (Å²) in [6, 6.07) is 1.72. The van der Waals surface area contributed by atoms with Gasteiger partial charge >= 0.3 is 5.97 Å². The molecule has 0 aromatic carbocycles. The van der Waals surface area contributed by atoms with Crippen molar-refractivity contribution in [1.29, 1.82) is 0 Å². The second-order valence-corrected chi connectivity index (χ2v) is 4.41. The number of rotatable bonds is 1. The highest BCUT2D eigenvalue weighted by molar-refractivity contribution is 9.10. The molecule has 0 amide bonds. The molecule has 0 radical (unpaired) electrons. The molecule has 2 heterocycles. The highest BCUT2D eigenvalue weighted by Gasteiger charge is 2.09. The summed E-state index contributed by atoms with van der Waals surface area (Å²) in [5, 5.41) is 2.96. The number of ether oxygens (including phenoxy) is 1. The standard InChI is InChI=1S/C9H6BrNO2S/c1-13-9(12)7-2-5-6(10)4-14-8(5)3-11-7/h2-4H,1H3. The Morgan fingerprint density at radius 1 is 1.64 bits per heavy atom. The van der Waals surface area contributed by atoms with Crippen molar-refractivity contribution in [3.63, 3.8) is 0 Å². The summed E-state index contributed by atoms with van der Waals surface area (Å²) in [6.07, 6.45) is 1.68. The van der Waals surface area contributed by atoms with E-state index in [4.69, 9.17) is 0 Å². The molecule has 0 fully saturated rings. The SMILES string of the molecule is COC(=O)c1cc2c(Br)csc2cn1. The molecule has 3 nitrogen and oxygen atoms in total. The normalized spacial score (nSPS) is 10.4. The Labute approximate surface area is 92.8 Å². The second kappa shape index (κ2) is 3.67. The number of hydrogen-bond donors (Lipinski definition) is 0. The van der Waals surface area contributed by atoms with Gasteiger partial charge in [0, 0.05) is 21.4 Å². The van der Waals surface area contributed by atoms with E-state index >= 15 is 0 Å². The summed E-state index contributed by atoms with van der Waals surface area (Å²) in [6.45, 7) is 0. The van der Waals surface area contributed by atoms with Gasteiger partial charge in [-0.1, -0.05) is 0 Å². The van der Waals surface area contributed by atoms with Gasteiger partial charge in [0.2, 0.25) is 0 Å². The van der Waals surface area contributed by atoms with Crippen molar-refractivity contribution in [2.45, 2.75) is 0 Å². The molecule has 0 aliphatic heterocycles. The van der Waals surface area contributed by atoms with Crippen LogP contribution in [0.15, 0.2) is 22.1 Å². The fraction of sp³-hybridized carbons (Fsp3) is 0.111. The maximum Gasteiger partial charge on any atom is 0.356 e. The molecule has 72 valence electrons. The number of fused-ring (bicyclic) bond motifs is 1. The first-order valence-corrected chi connectivity index (χ1v) is 5.50. The number of pyridine rings is 1. The monoisotopic (exact) mass is 271 g/mol. The first-order valence-electron chi connectivity index (χ1n) is 3.83. The average molecular weight is 272 g/mol. The van der Waals surface area contributed by atoms with Crippen molar-refractivity contribution in [3.05, 3.63) is 27.8 Å². The third-order valence-corrected chi connectivity index (χ3v) is 3.70. The predicted octanol–water partition coefficient (Wildman–Crippen LogP) is 2.85. The van der Waals surface area contributed by atoms with E-state index in [0.29, 0.717) is 5.69 Å². The zero-order valence-corrected chi connectivity index (χ0v) is 9.68. The van der Waals surface area contributed by atoms with Gasteiger partial charge < -0.3 is 4.74 Å². The Balaban J connectivity index is 2.60. The van der Waals surface area contributed by atoms with Crippen molar-refractivity contribution in [1.82, 2.24) is 4.98 Å². The van der Waals surface area contributed by atoms with Gasteiger partial charge in [0.25, 0.3) is 0 Å². The van der Waals surface area contributed by atoms with E-state index in [9.17, 15) is 4.79 Å². The third-order valence-electron chi connectivity index (χ3n) is 1.81. The minimum atomic E-state index is -0.412. The lowest BCUT2D eigenvalue weighted by Gasteiger charge is -1.97. The minimum Gasteiger partial charge on any atom is -0.464 e. The van der Waals surface area contributed by atoms with E-state index in [1.165, 1.54) is 7.11 Å². The van der Waals surface area contributed by atoms with Crippen molar-refractivity contribution in [2.75, 3.05) is 7.11 Å². The minimum absolute atomic E-state index is 0.333. The van der Waals surface area contributed by atoms with Crippen LogP contribution in [0.4, 0.5) is 0 Å². The molecule has 0 spiro atoms. The van der Waals surface area contributed by atoms with Gasteiger partial charge in [-0.3, -0.25) is 0 Å². The van der Waals surface area contributed by atoms with E-state index in [1.807, 2.05) is 5.38 Å². The second-order valence-electron chi connectivity index (χ2n) is 2.64. The summed E-state index contributed by atoms with van der Waals surface area (Å²) in [5.41, 5.74) is 0.333. The van der Waals surface area contributed by atoms with Gasteiger partial charge in [0.15, 0.2) is 0 Å². The van der Waals surface area contributed by atoms with Crippen LogP contribution in [0.2, 0.25) is 0 Å². The molecule has 2 rings (SSSR count). The smallest absolute Gasteiger partial charge is 0.356 e. The maximum atomic E-state index is 11.2. The summed E-state index contributed by atoms with van der Waals surface area (Å²) < 4.78 is 6.61. The molecule has 2 aromatic heterocycles. The number of carbonyl (C=O) groups is 1. The Morgan fingerprint density at radius 2 is 2.43 bits per heavy atom. The molecule has 0 aliphatic carbocycles. The van der Waals surface area contributed by atoms with Crippen LogP contribution >= 0.6 is 27.3 Å². The lowest BCUT2D eigenvalue weighted by molar-refractivity contribution is 0.0594. The predicted molar refractivity (Wildman–Crippen MR) is 58.7 cm³/mol. The highest BCUT2D eigenvalue weighted by Crippen LogP contribution is 2.29. The topological polar surface area (TPSA) is 39.2 Å². The molecule has 0 N–H and O–H groups in total. The quantitative estimate of drug-likeness (QED) is 0.749.